The second-order valence-electron chi connectivity index (χ2n) is 6.16. The molecule has 3 rings (SSSR count). The van der Waals surface area contributed by atoms with Crippen molar-refractivity contribution in [1.82, 2.24) is 15.1 Å². The van der Waals surface area contributed by atoms with Crippen LogP contribution in [-0.2, 0) is 9.53 Å². The van der Waals surface area contributed by atoms with E-state index in [2.05, 4.69) is 15.1 Å². The van der Waals surface area contributed by atoms with E-state index in [9.17, 15) is 4.79 Å². The van der Waals surface area contributed by atoms with Gasteiger partial charge in [0.1, 0.15) is 6.10 Å². The monoisotopic (exact) mass is 290 g/mol. The van der Waals surface area contributed by atoms with Crippen LogP contribution in [0.5, 0.6) is 0 Å². The van der Waals surface area contributed by atoms with Crippen molar-refractivity contribution in [3.63, 3.8) is 0 Å². The van der Waals surface area contributed by atoms with E-state index in [4.69, 9.17) is 4.74 Å². The molecule has 21 heavy (non-hydrogen) atoms. The number of rotatable bonds is 2. The van der Waals surface area contributed by atoms with Crippen LogP contribution in [0.4, 0.5) is 5.82 Å². The summed E-state index contributed by atoms with van der Waals surface area (Å²) in [6, 6.07) is 3.97. The second kappa shape index (κ2) is 5.60. The van der Waals surface area contributed by atoms with Crippen LogP contribution in [0.3, 0.4) is 0 Å². The van der Waals surface area contributed by atoms with Gasteiger partial charge in [-0.1, -0.05) is 0 Å². The van der Waals surface area contributed by atoms with Crippen molar-refractivity contribution in [3.8, 4) is 0 Å². The SMILES string of the molecule is Cc1ccc(N2CC[C@@H]3C[C@@H](C(=O)N(C)C)O[C@@H]3C2)nn1. The number of piperidine rings is 1. The minimum Gasteiger partial charge on any atom is -0.363 e. The van der Waals surface area contributed by atoms with Crippen LogP contribution in [-0.4, -0.2) is 60.4 Å². The number of nitrogens with zero attached hydrogens (tertiary/aromatic N) is 4. The molecule has 2 fully saturated rings. The average molecular weight is 290 g/mol. The van der Waals surface area contributed by atoms with Gasteiger partial charge in [0.05, 0.1) is 11.8 Å². The molecule has 0 bridgehead atoms. The van der Waals surface area contributed by atoms with Gasteiger partial charge in [0.25, 0.3) is 5.91 Å². The third-order valence-corrected chi connectivity index (χ3v) is 4.38. The number of amides is 1. The standard InChI is InChI=1S/C15H22N4O2/c1-10-4-5-14(17-16-10)19-7-6-11-8-12(15(20)18(2)3)21-13(11)9-19/h4-5,11-13H,6-9H2,1-3H3/t11-,12+,13-/m1/s1. The summed E-state index contributed by atoms with van der Waals surface area (Å²) in [6.45, 7) is 3.67. The molecule has 0 aliphatic carbocycles. The van der Waals surface area contributed by atoms with Crippen molar-refractivity contribution in [3.05, 3.63) is 17.8 Å². The van der Waals surface area contributed by atoms with E-state index in [0.717, 1.165) is 37.4 Å². The van der Waals surface area contributed by atoms with E-state index in [0.29, 0.717) is 5.92 Å². The Labute approximate surface area is 125 Å². The highest BCUT2D eigenvalue weighted by atomic mass is 16.5. The molecule has 2 saturated heterocycles. The summed E-state index contributed by atoms with van der Waals surface area (Å²) < 4.78 is 5.98. The Bertz CT molecular complexity index is 517. The molecule has 0 N–H and O–H groups in total. The molecule has 6 heteroatoms. The predicted molar refractivity (Wildman–Crippen MR) is 79.1 cm³/mol. The first-order chi connectivity index (χ1) is 10.0. The van der Waals surface area contributed by atoms with Crippen LogP contribution in [0.15, 0.2) is 12.1 Å². The molecule has 2 aliphatic rings. The number of carbonyl (C=O) groups excluding carboxylic acids is 1. The highest BCUT2D eigenvalue weighted by Crippen LogP contribution is 2.34. The summed E-state index contributed by atoms with van der Waals surface area (Å²) in [5, 5.41) is 8.36. The van der Waals surface area contributed by atoms with E-state index < -0.39 is 0 Å². The predicted octanol–water partition coefficient (Wildman–Crippen LogP) is 0.857. The third-order valence-electron chi connectivity index (χ3n) is 4.38. The molecule has 114 valence electrons. The first kappa shape index (κ1) is 14.3. The second-order valence-corrected chi connectivity index (χ2v) is 6.16. The minimum absolute atomic E-state index is 0.0751. The highest BCUT2D eigenvalue weighted by molar-refractivity contribution is 5.80. The number of aryl methyl sites for hydroxylation is 1. The maximum Gasteiger partial charge on any atom is 0.251 e. The van der Waals surface area contributed by atoms with Crippen LogP contribution < -0.4 is 4.90 Å². The molecule has 1 aromatic rings. The molecule has 0 unspecified atom stereocenters. The molecule has 0 saturated carbocycles. The Hall–Kier alpha value is -1.69. The summed E-state index contributed by atoms with van der Waals surface area (Å²) in [5.74, 6) is 1.45. The lowest BCUT2D eigenvalue weighted by molar-refractivity contribution is -0.140. The number of likely N-dealkylation sites (N-methyl/N-ethyl adjacent to an activating group) is 1. The quantitative estimate of drug-likeness (QED) is 0.808. The molecule has 0 aromatic carbocycles. The fourth-order valence-electron chi connectivity index (χ4n) is 3.15. The Morgan fingerprint density at radius 1 is 1.38 bits per heavy atom. The average Bonchev–Trinajstić information content (AvgIpc) is 2.89. The lowest BCUT2D eigenvalue weighted by Gasteiger charge is -2.34. The molecular formula is C15H22N4O2. The van der Waals surface area contributed by atoms with Gasteiger partial charge in [0.2, 0.25) is 0 Å². The fourth-order valence-corrected chi connectivity index (χ4v) is 3.15. The summed E-state index contributed by atoms with van der Waals surface area (Å²) in [7, 11) is 3.56. The van der Waals surface area contributed by atoms with Gasteiger partial charge in [0.15, 0.2) is 5.82 Å². The number of fused-ring (bicyclic) bond motifs is 1. The van der Waals surface area contributed by atoms with Crippen LogP contribution >= 0.6 is 0 Å². The van der Waals surface area contributed by atoms with Gasteiger partial charge in [0, 0.05) is 27.2 Å². The number of anilines is 1. The summed E-state index contributed by atoms with van der Waals surface area (Å²) in [6.07, 6.45) is 1.72. The van der Waals surface area contributed by atoms with Crippen molar-refractivity contribution in [1.29, 1.82) is 0 Å². The third kappa shape index (κ3) is 2.85. The van der Waals surface area contributed by atoms with Crippen LogP contribution in [0.1, 0.15) is 18.5 Å². The topological polar surface area (TPSA) is 58.6 Å². The summed E-state index contributed by atoms with van der Waals surface area (Å²) in [4.78, 5) is 15.9. The molecule has 1 aromatic heterocycles. The number of carbonyl (C=O) groups is 1. The Kier molecular flexibility index (Phi) is 3.80. The van der Waals surface area contributed by atoms with Gasteiger partial charge < -0.3 is 14.5 Å². The normalized spacial score (nSPS) is 28.3. The van der Waals surface area contributed by atoms with Crippen molar-refractivity contribution in [2.75, 3.05) is 32.1 Å². The van der Waals surface area contributed by atoms with E-state index in [1.165, 1.54) is 0 Å². The zero-order chi connectivity index (χ0) is 15.0. The maximum absolute atomic E-state index is 12.0. The van der Waals surface area contributed by atoms with Crippen LogP contribution in [0.25, 0.3) is 0 Å². The molecule has 3 atom stereocenters. The lowest BCUT2D eigenvalue weighted by atomic mass is 9.91. The van der Waals surface area contributed by atoms with Crippen molar-refractivity contribution < 1.29 is 9.53 Å². The van der Waals surface area contributed by atoms with Crippen molar-refractivity contribution in [2.45, 2.75) is 32.0 Å². The zero-order valence-electron chi connectivity index (χ0n) is 12.8. The first-order valence-corrected chi connectivity index (χ1v) is 7.46. The molecular weight excluding hydrogens is 268 g/mol. The Balaban J connectivity index is 1.66. The summed E-state index contributed by atoms with van der Waals surface area (Å²) in [5.41, 5.74) is 0.919. The van der Waals surface area contributed by atoms with E-state index in [1.807, 2.05) is 19.1 Å². The van der Waals surface area contributed by atoms with Gasteiger partial charge in [-0.3, -0.25) is 4.79 Å². The first-order valence-electron chi connectivity index (χ1n) is 7.46. The molecule has 0 spiro atoms. The van der Waals surface area contributed by atoms with E-state index >= 15 is 0 Å². The van der Waals surface area contributed by atoms with Gasteiger partial charge in [-0.25, -0.2) is 0 Å². The highest BCUT2D eigenvalue weighted by Gasteiger charge is 2.42. The minimum atomic E-state index is -0.279. The largest absolute Gasteiger partial charge is 0.363 e. The Morgan fingerprint density at radius 2 is 2.19 bits per heavy atom. The molecule has 3 heterocycles. The van der Waals surface area contributed by atoms with Gasteiger partial charge in [-0.15, -0.1) is 5.10 Å². The van der Waals surface area contributed by atoms with Crippen molar-refractivity contribution >= 4 is 11.7 Å². The maximum atomic E-state index is 12.0. The molecule has 2 aliphatic heterocycles. The fraction of sp³-hybridized carbons (Fsp3) is 0.667. The van der Waals surface area contributed by atoms with Crippen LogP contribution in [0.2, 0.25) is 0 Å². The lowest BCUT2D eigenvalue weighted by Crippen LogP contribution is -2.43. The van der Waals surface area contributed by atoms with E-state index in [1.54, 1.807) is 19.0 Å². The Morgan fingerprint density at radius 3 is 2.86 bits per heavy atom. The van der Waals surface area contributed by atoms with Crippen LogP contribution in [0, 0.1) is 12.8 Å². The number of hydrogen-bond acceptors (Lipinski definition) is 5. The van der Waals surface area contributed by atoms with Gasteiger partial charge in [-0.2, -0.15) is 5.10 Å². The number of aromatic nitrogens is 2. The smallest absolute Gasteiger partial charge is 0.251 e. The number of hydrogen-bond donors (Lipinski definition) is 0. The van der Waals surface area contributed by atoms with Gasteiger partial charge in [-0.05, 0) is 37.8 Å². The molecule has 6 nitrogen and oxygen atoms in total. The molecule has 0 radical (unpaired) electrons. The van der Waals surface area contributed by atoms with Gasteiger partial charge >= 0.3 is 0 Å². The van der Waals surface area contributed by atoms with Crippen molar-refractivity contribution in [2.24, 2.45) is 5.92 Å². The van der Waals surface area contributed by atoms with E-state index in [-0.39, 0.29) is 18.1 Å². The summed E-state index contributed by atoms with van der Waals surface area (Å²) >= 11 is 0. The number of ether oxygens (including phenoxy) is 1. The molecule has 1 amide bonds. The zero-order valence-corrected chi connectivity index (χ0v) is 12.8.